The maximum Gasteiger partial charge on any atom is 0.273 e. The van der Waals surface area contributed by atoms with Crippen molar-refractivity contribution in [2.75, 3.05) is 18.0 Å². The molecule has 6 nitrogen and oxygen atoms in total. The molecule has 30 heavy (non-hydrogen) atoms. The number of piperidine rings is 1. The maximum absolute atomic E-state index is 13.1. The van der Waals surface area contributed by atoms with Gasteiger partial charge in [-0.15, -0.1) is 0 Å². The molecule has 1 amide bonds. The van der Waals surface area contributed by atoms with Gasteiger partial charge in [-0.1, -0.05) is 49.7 Å². The second-order valence-electron chi connectivity index (χ2n) is 8.59. The Labute approximate surface area is 178 Å². The fourth-order valence-corrected chi connectivity index (χ4v) is 4.11. The number of nitro groups is 1. The van der Waals surface area contributed by atoms with Crippen molar-refractivity contribution in [2.24, 2.45) is 5.92 Å². The number of amides is 1. The Kier molecular flexibility index (Phi) is 7.21. The molecule has 0 aromatic heterocycles. The van der Waals surface area contributed by atoms with Gasteiger partial charge in [-0.2, -0.15) is 0 Å². The van der Waals surface area contributed by atoms with Gasteiger partial charge < -0.3 is 4.90 Å². The molecule has 0 radical (unpaired) electrons. The van der Waals surface area contributed by atoms with Crippen LogP contribution in [0.4, 0.5) is 11.4 Å². The number of benzene rings is 2. The number of para-hydroxylation sites is 1. The van der Waals surface area contributed by atoms with Gasteiger partial charge in [0.2, 0.25) is 5.91 Å². The van der Waals surface area contributed by atoms with E-state index in [4.69, 9.17) is 0 Å². The van der Waals surface area contributed by atoms with Crippen LogP contribution >= 0.6 is 0 Å². The molecule has 3 rings (SSSR count). The molecule has 0 bridgehead atoms. The Morgan fingerprint density at radius 1 is 1.13 bits per heavy atom. The molecule has 0 aliphatic carbocycles. The normalized spacial score (nSPS) is 15.3. The first-order valence-corrected chi connectivity index (χ1v) is 10.7. The van der Waals surface area contributed by atoms with Crippen LogP contribution in [0, 0.1) is 23.0 Å². The van der Waals surface area contributed by atoms with E-state index >= 15 is 0 Å². The number of nitrogens with zero attached hydrogens (tertiary/aromatic N) is 3. The van der Waals surface area contributed by atoms with Crippen LogP contribution in [0.15, 0.2) is 48.5 Å². The fraction of sp³-hybridized carbons (Fsp3) is 0.458. The number of aryl methyl sites for hydroxylation is 1. The third-order valence-corrected chi connectivity index (χ3v) is 5.67. The van der Waals surface area contributed by atoms with Gasteiger partial charge in [0, 0.05) is 49.4 Å². The highest BCUT2D eigenvalue weighted by atomic mass is 16.6. The molecule has 1 aliphatic rings. The Balaban J connectivity index is 1.70. The van der Waals surface area contributed by atoms with Crippen LogP contribution in [0.3, 0.4) is 0 Å². The number of hydrogen-bond acceptors (Lipinski definition) is 4. The lowest BCUT2D eigenvalue weighted by Crippen LogP contribution is -2.47. The average Bonchev–Trinajstić information content (AvgIpc) is 2.70. The van der Waals surface area contributed by atoms with Crippen LogP contribution < -0.4 is 4.90 Å². The Bertz CT molecular complexity index is 872. The van der Waals surface area contributed by atoms with Gasteiger partial charge in [0.1, 0.15) is 0 Å². The summed E-state index contributed by atoms with van der Waals surface area (Å²) in [6.45, 7) is 8.38. The molecule has 1 fully saturated rings. The highest BCUT2D eigenvalue weighted by molar-refractivity contribution is 5.94. The smallest absolute Gasteiger partial charge is 0.273 e. The van der Waals surface area contributed by atoms with E-state index in [2.05, 4.69) is 30.9 Å². The molecule has 0 atom stereocenters. The summed E-state index contributed by atoms with van der Waals surface area (Å²) in [7, 11) is 0. The average molecular weight is 410 g/mol. The van der Waals surface area contributed by atoms with E-state index in [1.807, 2.05) is 36.1 Å². The van der Waals surface area contributed by atoms with Gasteiger partial charge in [-0.05, 0) is 37.8 Å². The molecule has 1 saturated heterocycles. The Morgan fingerprint density at radius 3 is 2.37 bits per heavy atom. The molecule has 0 N–H and O–H groups in total. The third kappa shape index (κ3) is 5.45. The lowest BCUT2D eigenvalue weighted by Gasteiger charge is -2.39. The first-order valence-electron chi connectivity index (χ1n) is 10.7. The minimum absolute atomic E-state index is 0.154. The summed E-state index contributed by atoms with van der Waals surface area (Å²) < 4.78 is 0. The molecular formula is C24H31N3O3. The second-order valence-corrected chi connectivity index (χ2v) is 8.59. The van der Waals surface area contributed by atoms with Crippen LogP contribution in [0.25, 0.3) is 0 Å². The van der Waals surface area contributed by atoms with Crippen molar-refractivity contribution in [3.05, 3.63) is 69.8 Å². The van der Waals surface area contributed by atoms with Crippen LogP contribution in [-0.2, 0) is 11.3 Å². The summed E-state index contributed by atoms with van der Waals surface area (Å²) in [5.41, 5.74) is 3.05. The summed E-state index contributed by atoms with van der Waals surface area (Å²) in [6, 6.07) is 15.3. The molecule has 2 aromatic carbocycles. The molecular weight excluding hydrogens is 378 g/mol. The van der Waals surface area contributed by atoms with E-state index in [9.17, 15) is 14.9 Å². The topological polar surface area (TPSA) is 66.7 Å². The fourth-order valence-electron chi connectivity index (χ4n) is 4.11. The van der Waals surface area contributed by atoms with Crippen molar-refractivity contribution in [1.82, 2.24) is 4.90 Å². The van der Waals surface area contributed by atoms with Crippen molar-refractivity contribution in [2.45, 2.75) is 52.6 Å². The quantitative estimate of drug-likeness (QED) is 0.479. The van der Waals surface area contributed by atoms with Gasteiger partial charge in [0.25, 0.3) is 5.69 Å². The minimum Gasteiger partial charge on any atom is -0.309 e. The van der Waals surface area contributed by atoms with Crippen molar-refractivity contribution in [3.63, 3.8) is 0 Å². The number of hydrogen-bond donors (Lipinski definition) is 0. The van der Waals surface area contributed by atoms with Crippen LogP contribution in [-0.4, -0.2) is 34.9 Å². The lowest BCUT2D eigenvalue weighted by atomic mass is 9.99. The predicted octanol–water partition coefficient (Wildman–Crippen LogP) is 4.95. The van der Waals surface area contributed by atoms with E-state index in [1.54, 1.807) is 12.1 Å². The molecule has 0 spiro atoms. The van der Waals surface area contributed by atoms with E-state index in [0.717, 1.165) is 37.2 Å². The first-order chi connectivity index (χ1) is 14.3. The number of carbonyl (C=O) groups excluding carboxylic acids is 1. The number of carbonyl (C=O) groups is 1. The third-order valence-electron chi connectivity index (χ3n) is 5.67. The largest absolute Gasteiger partial charge is 0.309 e. The minimum atomic E-state index is -0.314. The zero-order valence-corrected chi connectivity index (χ0v) is 18.1. The number of nitro benzene ring substituents is 1. The van der Waals surface area contributed by atoms with Crippen LogP contribution in [0.5, 0.6) is 0 Å². The van der Waals surface area contributed by atoms with E-state index < -0.39 is 0 Å². The van der Waals surface area contributed by atoms with E-state index in [0.29, 0.717) is 18.9 Å². The van der Waals surface area contributed by atoms with Crippen LogP contribution in [0.2, 0.25) is 0 Å². The zero-order chi connectivity index (χ0) is 21.7. The number of likely N-dealkylation sites (tertiary alicyclic amines) is 1. The van der Waals surface area contributed by atoms with Gasteiger partial charge in [0.15, 0.2) is 0 Å². The Morgan fingerprint density at radius 2 is 1.77 bits per heavy atom. The van der Waals surface area contributed by atoms with E-state index in [-0.39, 0.29) is 22.6 Å². The predicted molar refractivity (Wildman–Crippen MR) is 120 cm³/mol. The first kappa shape index (κ1) is 22.0. The molecule has 160 valence electrons. The molecule has 1 heterocycles. The van der Waals surface area contributed by atoms with Crippen molar-refractivity contribution < 1.29 is 9.72 Å². The summed E-state index contributed by atoms with van der Waals surface area (Å²) >= 11 is 0. The second kappa shape index (κ2) is 9.85. The molecule has 6 heteroatoms. The van der Waals surface area contributed by atoms with Gasteiger partial charge in [-0.3, -0.25) is 19.8 Å². The van der Waals surface area contributed by atoms with Crippen LogP contribution in [0.1, 0.15) is 44.2 Å². The number of rotatable bonds is 7. The van der Waals surface area contributed by atoms with Crippen molar-refractivity contribution in [1.29, 1.82) is 0 Å². The monoisotopic (exact) mass is 409 g/mol. The Hall–Kier alpha value is -2.73. The molecule has 2 aromatic rings. The number of anilines is 1. The zero-order valence-electron chi connectivity index (χ0n) is 18.1. The highest BCUT2D eigenvalue weighted by Crippen LogP contribution is 2.28. The maximum atomic E-state index is 13.1. The summed E-state index contributed by atoms with van der Waals surface area (Å²) in [5, 5.41) is 11.3. The highest BCUT2D eigenvalue weighted by Gasteiger charge is 2.30. The lowest BCUT2D eigenvalue weighted by molar-refractivity contribution is -0.385. The van der Waals surface area contributed by atoms with Gasteiger partial charge in [0.05, 0.1) is 4.92 Å². The van der Waals surface area contributed by atoms with E-state index in [1.165, 1.54) is 5.56 Å². The standard InChI is InChI=1S/C24H31N3O3/c1-18(2)16-24(28)26(21-10-8-19(3)9-11-21)22-12-14-25(15-13-22)17-20-6-4-5-7-23(20)27(29)30/h4-11,18,22H,12-17H2,1-3H3. The summed E-state index contributed by atoms with van der Waals surface area (Å²) in [6.07, 6.45) is 2.25. The molecule has 0 saturated carbocycles. The molecule has 1 aliphatic heterocycles. The van der Waals surface area contributed by atoms with Crippen molar-refractivity contribution >= 4 is 17.3 Å². The SMILES string of the molecule is Cc1ccc(N(C(=O)CC(C)C)C2CCN(Cc3ccccc3[N+](=O)[O-])CC2)cc1. The summed E-state index contributed by atoms with van der Waals surface area (Å²) in [5.74, 6) is 0.482. The molecule has 0 unspecified atom stereocenters. The van der Waals surface area contributed by atoms with Gasteiger partial charge in [-0.25, -0.2) is 0 Å². The summed E-state index contributed by atoms with van der Waals surface area (Å²) in [4.78, 5) is 28.3. The van der Waals surface area contributed by atoms with Gasteiger partial charge >= 0.3 is 0 Å². The van der Waals surface area contributed by atoms with Crippen molar-refractivity contribution in [3.8, 4) is 0 Å².